The molecule has 6 heteroatoms. The van der Waals surface area contributed by atoms with Crippen molar-refractivity contribution >= 4 is 11.6 Å². The average Bonchev–Trinajstić information content (AvgIpc) is 3.31. The van der Waals surface area contributed by atoms with Gasteiger partial charge in [0.25, 0.3) is 0 Å². The first-order chi connectivity index (χ1) is 15.7. The first-order valence-corrected chi connectivity index (χ1v) is 10.8. The fourth-order valence-electron chi connectivity index (χ4n) is 3.44. The van der Waals surface area contributed by atoms with Gasteiger partial charge in [-0.2, -0.15) is 5.10 Å². The Morgan fingerprint density at radius 3 is 2.09 bits per heavy atom. The fourth-order valence-corrected chi connectivity index (χ4v) is 3.57. The van der Waals surface area contributed by atoms with E-state index in [-0.39, 0.29) is 6.61 Å². The highest BCUT2D eigenvalue weighted by Crippen LogP contribution is 2.26. The number of halogens is 1. The zero-order valence-corrected chi connectivity index (χ0v) is 18.3. The Balaban J connectivity index is 1.52. The van der Waals surface area contributed by atoms with Gasteiger partial charge in [0.05, 0.1) is 31.2 Å². The highest BCUT2D eigenvalue weighted by Gasteiger charge is 2.26. The van der Waals surface area contributed by atoms with Crippen molar-refractivity contribution < 1.29 is 14.6 Å². The van der Waals surface area contributed by atoms with Crippen molar-refractivity contribution in [3.8, 4) is 5.69 Å². The maximum atomic E-state index is 11.0. The molecular weight excluding hydrogens is 424 g/mol. The van der Waals surface area contributed by atoms with E-state index in [1.165, 1.54) is 0 Å². The predicted octanol–water partition coefficient (Wildman–Crippen LogP) is 5.36. The topological polar surface area (TPSA) is 56.5 Å². The van der Waals surface area contributed by atoms with Crippen molar-refractivity contribution in [3.05, 3.63) is 119 Å². The zero-order valence-electron chi connectivity index (χ0n) is 17.5. The summed E-state index contributed by atoms with van der Waals surface area (Å²) in [6.45, 7) is 0.896. The van der Waals surface area contributed by atoms with E-state index in [1.54, 1.807) is 10.9 Å². The average molecular weight is 449 g/mol. The van der Waals surface area contributed by atoms with E-state index in [2.05, 4.69) is 5.10 Å². The first kappa shape index (κ1) is 22.2. The highest BCUT2D eigenvalue weighted by atomic mass is 35.5. The molecule has 0 bridgehead atoms. The molecule has 1 heterocycles. The van der Waals surface area contributed by atoms with Crippen LogP contribution < -0.4 is 0 Å². The van der Waals surface area contributed by atoms with Gasteiger partial charge in [-0.05, 0) is 41.5 Å². The molecule has 3 aromatic carbocycles. The SMILES string of the molecule is O[C@H](COCc1ccccc1)[C@@H](OCc1ccccc1)c1ccnn1-c1ccc(Cl)cc1. The lowest BCUT2D eigenvalue weighted by Crippen LogP contribution is -2.28. The fraction of sp³-hybridized carbons (Fsp3) is 0.192. The van der Waals surface area contributed by atoms with Crippen molar-refractivity contribution in [1.82, 2.24) is 9.78 Å². The van der Waals surface area contributed by atoms with Crippen LogP contribution in [0.2, 0.25) is 5.02 Å². The molecule has 0 saturated heterocycles. The van der Waals surface area contributed by atoms with E-state index in [4.69, 9.17) is 21.1 Å². The molecule has 0 aliphatic heterocycles. The lowest BCUT2D eigenvalue weighted by molar-refractivity contribution is -0.0855. The van der Waals surface area contributed by atoms with Crippen molar-refractivity contribution in [3.63, 3.8) is 0 Å². The van der Waals surface area contributed by atoms with Crippen molar-refractivity contribution in [2.75, 3.05) is 6.61 Å². The van der Waals surface area contributed by atoms with Crippen LogP contribution in [-0.2, 0) is 22.7 Å². The summed E-state index contributed by atoms with van der Waals surface area (Å²) in [6.07, 6.45) is 0.176. The third kappa shape index (κ3) is 5.84. The van der Waals surface area contributed by atoms with E-state index in [0.29, 0.717) is 18.2 Å². The quantitative estimate of drug-likeness (QED) is 0.355. The van der Waals surface area contributed by atoms with Crippen LogP contribution >= 0.6 is 11.6 Å². The molecule has 0 aliphatic carbocycles. The number of aliphatic hydroxyl groups excluding tert-OH is 1. The van der Waals surface area contributed by atoms with Crippen LogP contribution in [0.25, 0.3) is 5.69 Å². The summed E-state index contributed by atoms with van der Waals surface area (Å²) in [6, 6.07) is 29.0. The summed E-state index contributed by atoms with van der Waals surface area (Å²) in [4.78, 5) is 0. The first-order valence-electron chi connectivity index (χ1n) is 10.5. The molecule has 0 radical (unpaired) electrons. The molecule has 0 spiro atoms. The molecule has 0 saturated carbocycles. The van der Waals surface area contributed by atoms with Crippen LogP contribution in [0.4, 0.5) is 0 Å². The Morgan fingerprint density at radius 1 is 0.812 bits per heavy atom. The minimum Gasteiger partial charge on any atom is -0.388 e. The van der Waals surface area contributed by atoms with Crippen LogP contribution in [0.3, 0.4) is 0 Å². The number of aliphatic hydroxyl groups is 1. The maximum absolute atomic E-state index is 11.0. The van der Waals surface area contributed by atoms with Gasteiger partial charge in [0, 0.05) is 11.2 Å². The molecule has 0 aliphatic rings. The van der Waals surface area contributed by atoms with Crippen molar-refractivity contribution in [2.24, 2.45) is 0 Å². The molecule has 5 nitrogen and oxygen atoms in total. The second-order valence-electron chi connectivity index (χ2n) is 7.43. The van der Waals surface area contributed by atoms with Gasteiger partial charge < -0.3 is 14.6 Å². The lowest BCUT2D eigenvalue weighted by atomic mass is 10.1. The summed E-state index contributed by atoms with van der Waals surface area (Å²) in [7, 11) is 0. The van der Waals surface area contributed by atoms with Gasteiger partial charge in [0.15, 0.2) is 0 Å². The van der Waals surface area contributed by atoms with E-state index in [0.717, 1.165) is 22.5 Å². The lowest BCUT2D eigenvalue weighted by Gasteiger charge is -2.24. The Kier molecular flexibility index (Phi) is 7.69. The Labute approximate surface area is 192 Å². The number of hydrogen-bond acceptors (Lipinski definition) is 4. The normalized spacial score (nSPS) is 13.1. The molecule has 0 amide bonds. The molecule has 4 aromatic rings. The number of hydrogen-bond donors (Lipinski definition) is 1. The van der Waals surface area contributed by atoms with Gasteiger partial charge in [0.2, 0.25) is 0 Å². The molecule has 164 valence electrons. The predicted molar refractivity (Wildman–Crippen MR) is 125 cm³/mol. The summed E-state index contributed by atoms with van der Waals surface area (Å²) in [5, 5.41) is 16.1. The third-order valence-electron chi connectivity index (χ3n) is 5.06. The Hall–Kier alpha value is -2.96. The minimum atomic E-state index is -0.884. The van der Waals surface area contributed by atoms with Gasteiger partial charge in [-0.15, -0.1) is 0 Å². The summed E-state index contributed by atoms with van der Waals surface area (Å²) >= 11 is 6.04. The number of nitrogens with zero attached hydrogens (tertiary/aromatic N) is 2. The largest absolute Gasteiger partial charge is 0.388 e. The van der Waals surface area contributed by atoms with Crippen molar-refractivity contribution in [2.45, 2.75) is 25.4 Å². The molecular formula is C26H25ClN2O3. The Bertz CT molecular complexity index is 1090. The Morgan fingerprint density at radius 2 is 1.44 bits per heavy atom. The van der Waals surface area contributed by atoms with E-state index in [1.807, 2.05) is 91.0 Å². The third-order valence-corrected chi connectivity index (χ3v) is 5.31. The summed E-state index contributed by atoms with van der Waals surface area (Å²) < 4.78 is 13.8. The molecule has 4 rings (SSSR count). The maximum Gasteiger partial charge on any atom is 0.128 e. The standard InChI is InChI=1S/C26H25ClN2O3/c27-22-11-13-23(14-12-22)29-24(15-16-28-29)26(32-18-21-9-5-2-6-10-21)25(30)19-31-17-20-7-3-1-4-8-20/h1-16,25-26,30H,17-19H2/t25-,26+/m1/s1. The van der Waals surface area contributed by atoms with Gasteiger partial charge in [-0.1, -0.05) is 72.3 Å². The number of benzene rings is 3. The minimum absolute atomic E-state index is 0.125. The smallest absolute Gasteiger partial charge is 0.128 e. The second-order valence-corrected chi connectivity index (χ2v) is 7.87. The van der Waals surface area contributed by atoms with E-state index in [9.17, 15) is 5.11 Å². The van der Waals surface area contributed by atoms with Crippen LogP contribution in [-0.4, -0.2) is 27.6 Å². The molecule has 0 unspecified atom stereocenters. The summed E-state index contributed by atoms with van der Waals surface area (Å²) in [5.74, 6) is 0. The molecule has 32 heavy (non-hydrogen) atoms. The molecule has 2 atom stereocenters. The second kappa shape index (κ2) is 11.1. The molecule has 1 aromatic heterocycles. The van der Waals surface area contributed by atoms with Crippen LogP contribution in [0.15, 0.2) is 97.2 Å². The number of rotatable bonds is 10. The number of ether oxygens (including phenoxy) is 2. The summed E-state index contributed by atoms with van der Waals surface area (Å²) in [5.41, 5.74) is 3.64. The monoisotopic (exact) mass is 448 g/mol. The molecule has 0 fully saturated rings. The number of aromatic nitrogens is 2. The van der Waals surface area contributed by atoms with Gasteiger partial charge >= 0.3 is 0 Å². The van der Waals surface area contributed by atoms with Gasteiger partial charge in [-0.25, -0.2) is 4.68 Å². The van der Waals surface area contributed by atoms with Crippen LogP contribution in [0.5, 0.6) is 0 Å². The van der Waals surface area contributed by atoms with Crippen LogP contribution in [0, 0.1) is 0 Å². The molecule has 1 N–H and O–H groups in total. The van der Waals surface area contributed by atoms with Gasteiger partial charge in [0.1, 0.15) is 12.2 Å². The van der Waals surface area contributed by atoms with Crippen LogP contribution in [0.1, 0.15) is 22.9 Å². The van der Waals surface area contributed by atoms with E-state index >= 15 is 0 Å². The zero-order chi connectivity index (χ0) is 22.2. The highest BCUT2D eigenvalue weighted by molar-refractivity contribution is 6.30. The van der Waals surface area contributed by atoms with Gasteiger partial charge in [-0.3, -0.25) is 0 Å². The van der Waals surface area contributed by atoms with E-state index < -0.39 is 12.2 Å². The van der Waals surface area contributed by atoms with Crippen molar-refractivity contribution in [1.29, 1.82) is 0 Å².